The number of anilines is 1. The molecule has 5 nitrogen and oxygen atoms in total. The maximum absolute atomic E-state index is 13.9. The summed E-state index contributed by atoms with van der Waals surface area (Å²) >= 11 is 0. The fourth-order valence-electron chi connectivity index (χ4n) is 3.28. The highest BCUT2D eigenvalue weighted by Crippen LogP contribution is 2.27. The predicted molar refractivity (Wildman–Crippen MR) is 85.5 cm³/mol. The van der Waals surface area contributed by atoms with Crippen LogP contribution in [0.1, 0.15) is 13.3 Å². The van der Waals surface area contributed by atoms with Gasteiger partial charge in [0, 0.05) is 19.5 Å². The molecule has 1 N–H and O–H groups in total. The molecule has 0 aromatic heterocycles. The number of para-hydroxylation sites is 1. The van der Waals surface area contributed by atoms with Gasteiger partial charge < -0.3 is 15.1 Å². The fraction of sp³-hybridized carbons (Fsp3) is 0.529. The number of nitrogens with one attached hydrogen (secondary N) is 1. The zero-order chi connectivity index (χ0) is 16.6. The monoisotopic (exact) mass is 319 g/mol. The van der Waals surface area contributed by atoms with Gasteiger partial charge in [0.25, 0.3) is 0 Å². The molecule has 23 heavy (non-hydrogen) atoms. The maximum Gasteiger partial charge on any atom is 0.249 e. The molecule has 1 aromatic rings. The van der Waals surface area contributed by atoms with Gasteiger partial charge in [-0.2, -0.15) is 0 Å². The topological polar surface area (TPSA) is 52.7 Å². The lowest BCUT2D eigenvalue weighted by Gasteiger charge is -2.35. The van der Waals surface area contributed by atoms with Crippen molar-refractivity contribution in [3.63, 3.8) is 0 Å². The second-order valence-corrected chi connectivity index (χ2v) is 6.40. The maximum atomic E-state index is 13.9. The Bertz CT molecular complexity index is 618. The lowest BCUT2D eigenvalue weighted by atomic mass is 9.87. The third-order valence-electron chi connectivity index (χ3n) is 5.05. The van der Waals surface area contributed by atoms with E-state index in [4.69, 9.17) is 0 Å². The van der Waals surface area contributed by atoms with Crippen molar-refractivity contribution in [2.75, 3.05) is 31.6 Å². The van der Waals surface area contributed by atoms with E-state index in [0.717, 1.165) is 13.1 Å². The second-order valence-electron chi connectivity index (χ2n) is 6.40. The largest absolute Gasteiger partial charge is 0.333 e. The van der Waals surface area contributed by atoms with Gasteiger partial charge in [-0.05, 0) is 37.6 Å². The quantitative estimate of drug-likeness (QED) is 0.909. The standard InChI is InChI=1S/C17H22FN3O2/c1-11(12-9-19-10-12)16(22)20(2)15-7-8-21(17(15)23)14-6-4-3-5-13(14)18/h3-6,11-12,15,19H,7-10H2,1-2H3. The summed E-state index contributed by atoms with van der Waals surface area (Å²) in [6, 6.07) is 5.74. The van der Waals surface area contributed by atoms with E-state index in [-0.39, 0.29) is 23.4 Å². The van der Waals surface area contributed by atoms with E-state index in [1.54, 1.807) is 30.1 Å². The number of nitrogens with zero attached hydrogens (tertiary/aromatic N) is 2. The Balaban J connectivity index is 1.71. The van der Waals surface area contributed by atoms with Crippen molar-refractivity contribution in [1.82, 2.24) is 10.2 Å². The number of likely N-dealkylation sites (N-methyl/N-ethyl adjacent to an activating group) is 1. The molecule has 2 aliphatic heterocycles. The zero-order valence-electron chi connectivity index (χ0n) is 13.5. The summed E-state index contributed by atoms with van der Waals surface area (Å²) in [5.41, 5.74) is 0.289. The molecule has 0 spiro atoms. The molecule has 2 fully saturated rings. The van der Waals surface area contributed by atoms with Gasteiger partial charge in [0.1, 0.15) is 11.9 Å². The first kappa shape index (κ1) is 15.9. The van der Waals surface area contributed by atoms with Crippen molar-refractivity contribution in [1.29, 1.82) is 0 Å². The van der Waals surface area contributed by atoms with E-state index in [9.17, 15) is 14.0 Å². The fourth-order valence-corrected chi connectivity index (χ4v) is 3.28. The Labute approximate surface area is 135 Å². The van der Waals surface area contributed by atoms with E-state index in [2.05, 4.69) is 5.32 Å². The van der Waals surface area contributed by atoms with Gasteiger partial charge in [0.15, 0.2) is 0 Å². The van der Waals surface area contributed by atoms with Crippen LogP contribution in [0.3, 0.4) is 0 Å². The van der Waals surface area contributed by atoms with Crippen LogP contribution in [-0.2, 0) is 9.59 Å². The van der Waals surface area contributed by atoms with Crippen molar-refractivity contribution in [3.8, 4) is 0 Å². The molecule has 2 saturated heterocycles. The Morgan fingerprint density at radius 1 is 1.39 bits per heavy atom. The number of amides is 2. The summed E-state index contributed by atoms with van der Waals surface area (Å²) in [7, 11) is 1.68. The van der Waals surface area contributed by atoms with Crippen molar-refractivity contribution < 1.29 is 14.0 Å². The van der Waals surface area contributed by atoms with Gasteiger partial charge in [-0.25, -0.2) is 4.39 Å². The van der Waals surface area contributed by atoms with E-state index in [1.807, 2.05) is 6.92 Å². The van der Waals surface area contributed by atoms with Crippen LogP contribution in [0, 0.1) is 17.7 Å². The molecule has 2 heterocycles. The highest BCUT2D eigenvalue weighted by atomic mass is 19.1. The smallest absolute Gasteiger partial charge is 0.249 e. The summed E-state index contributed by atoms with van der Waals surface area (Å²) in [5, 5.41) is 3.16. The van der Waals surface area contributed by atoms with Gasteiger partial charge in [0.05, 0.1) is 5.69 Å². The minimum atomic E-state index is -0.502. The van der Waals surface area contributed by atoms with Crippen LogP contribution in [0.4, 0.5) is 10.1 Å². The van der Waals surface area contributed by atoms with Gasteiger partial charge in [-0.3, -0.25) is 9.59 Å². The van der Waals surface area contributed by atoms with Crippen LogP contribution < -0.4 is 10.2 Å². The third kappa shape index (κ3) is 2.83. The molecule has 124 valence electrons. The number of carbonyl (C=O) groups is 2. The number of rotatable bonds is 4. The number of hydrogen-bond donors (Lipinski definition) is 1. The molecule has 0 radical (unpaired) electrons. The number of hydrogen-bond acceptors (Lipinski definition) is 3. The molecule has 2 atom stereocenters. The molecule has 0 bridgehead atoms. The number of carbonyl (C=O) groups excluding carboxylic acids is 2. The lowest BCUT2D eigenvalue weighted by molar-refractivity contribution is -0.141. The first-order valence-corrected chi connectivity index (χ1v) is 8.04. The molecule has 2 aliphatic rings. The van der Waals surface area contributed by atoms with Crippen LogP contribution in [-0.4, -0.2) is 49.4 Å². The van der Waals surface area contributed by atoms with Crippen molar-refractivity contribution in [3.05, 3.63) is 30.1 Å². The summed E-state index contributed by atoms with van der Waals surface area (Å²) in [6.45, 7) is 4.04. The van der Waals surface area contributed by atoms with Crippen molar-refractivity contribution in [2.24, 2.45) is 11.8 Å². The van der Waals surface area contributed by atoms with E-state index < -0.39 is 11.9 Å². The zero-order valence-corrected chi connectivity index (χ0v) is 13.5. The van der Waals surface area contributed by atoms with Crippen LogP contribution in [0.2, 0.25) is 0 Å². The first-order chi connectivity index (χ1) is 11.0. The minimum Gasteiger partial charge on any atom is -0.333 e. The van der Waals surface area contributed by atoms with E-state index >= 15 is 0 Å². The van der Waals surface area contributed by atoms with E-state index in [1.165, 1.54) is 11.0 Å². The van der Waals surface area contributed by atoms with E-state index in [0.29, 0.717) is 18.9 Å². The van der Waals surface area contributed by atoms with Crippen molar-refractivity contribution in [2.45, 2.75) is 19.4 Å². The Kier molecular flexibility index (Phi) is 4.35. The second kappa shape index (κ2) is 6.28. The molecule has 1 aromatic carbocycles. The van der Waals surface area contributed by atoms with Gasteiger partial charge in [-0.1, -0.05) is 19.1 Å². The van der Waals surface area contributed by atoms with Crippen molar-refractivity contribution >= 4 is 17.5 Å². The third-order valence-corrected chi connectivity index (χ3v) is 5.05. The summed E-state index contributed by atoms with van der Waals surface area (Å²) in [4.78, 5) is 28.2. The van der Waals surface area contributed by atoms with Gasteiger partial charge >= 0.3 is 0 Å². The molecule has 0 saturated carbocycles. The van der Waals surface area contributed by atoms with Crippen LogP contribution in [0.25, 0.3) is 0 Å². The average Bonchev–Trinajstić information content (AvgIpc) is 2.86. The summed E-state index contributed by atoms with van der Waals surface area (Å²) in [6.07, 6.45) is 0.533. The highest BCUT2D eigenvalue weighted by Gasteiger charge is 2.40. The molecule has 2 unspecified atom stereocenters. The number of halogens is 1. The predicted octanol–water partition coefficient (Wildman–Crippen LogP) is 1.24. The highest BCUT2D eigenvalue weighted by molar-refractivity contribution is 6.01. The SMILES string of the molecule is CC(C(=O)N(C)C1CCN(c2ccccc2F)C1=O)C1CNC1. The average molecular weight is 319 g/mol. The van der Waals surface area contributed by atoms with Crippen LogP contribution >= 0.6 is 0 Å². The Morgan fingerprint density at radius 2 is 2.09 bits per heavy atom. The molecular formula is C17H22FN3O2. The van der Waals surface area contributed by atoms with Crippen LogP contribution in [0.15, 0.2) is 24.3 Å². The summed E-state index contributed by atoms with van der Waals surface area (Å²) < 4.78 is 13.9. The Hall–Kier alpha value is -1.95. The molecule has 6 heteroatoms. The summed E-state index contributed by atoms with van der Waals surface area (Å²) in [5.74, 6) is -0.389. The molecular weight excluding hydrogens is 297 g/mol. The first-order valence-electron chi connectivity index (χ1n) is 8.04. The lowest BCUT2D eigenvalue weighted by Crippen LogP contribution is -2.52. The minimum absolute atomic E-state index is 0.00904. The normalized spacial score (nSPS) is 22.8. The van der Waals surface area contributed by atoms with Crippen LogP contribution in [0.5, 0.6) is 0 Å². The molecule has 3 rings (SSSR count). The number of benzene rings is 1. The van der Waals surface area contributed by atoms with Gasteiger partial charge in [-0.15, -0.1) is 0 Å². The molecule has 0 aliphatic carbocycles. The Morgan fingerprint density at radius 3 is 2.70 bits per heavy atom. The molecule has 2 amide bonds. The van der Waals surface area contributed by atoms with Gasteiger partial charge in [0.2, 0.25) is 11.8 Å².